The third-order valence-corrected chi connectivity index (χ3v) is 3.83. The van der Waals surface area contributed by atoms with Crippen molar-refractivity contribution in [1.82, 2.24) is 10.2 Å². The molecule has 0 bridgehead atoms. The molecule has 0 atom stereocenters. The number of likely N-dealkylation sites (tertiary alicyclic amines) is 1. The van der Waals surface area contributed by atoms with E-state index in [9.17, 15) is 4.79 Å². The van der Waals surface area contributed by atoms with Crippen molar-refractivity contribution >= 4 is 11.9 Å². The number of hydrogen-bond donors (Lipinski definition) is 2. The Morgan fingerprint density at radius 1 is 1.23 bits per heavy atom. The first-order chi connectivity index (χ1) is 10.7. The molecule has 0 spiro atoms. The summed E-state index contributed by atoms with van der Waals surface area (Å²) in [6.45, 7) is 5.20. The Labute approximate surface area is 132 Å². The fourth-order valence-electron chi connectivity index (χ4n) is 2.52. The van der Waals surface area contributed by atoms with Crippen LogP contribution in [0.1, 0.15) is 48.5 Å². The van der Waals surface area contributed by atoms with E-state index in [4.69, 9.17) is 5.73 Å². The molecule has 1 saturated heterocycles. The average molecular weight is 302 g/mol. The van der Waals surface area contributed by atoms with E-state index in [1.807, 2.05) is 29.2 Å². The zero-order chi connectivity index (χ0) is 15.8. The van der Waals surface area contributed by atoms with Gasteiger partial charge < -0.3 is 16.0 Å². The molecule has 0 radical (unpaired) electrons. The number of amides is 1. The van der Waals surface area contributed by atoms with Crippen molar-refractivity contribution in [2.24, 2.45) is 10.7 Å². The minimum Gasteiger partial charge on any atom is -0.370 e. The molecule has 1 amide bonds. The molecule has 120 valence electrons. The molecule has 1 aliphatic heterocycles. The van der Waals surface area contributed by atoms with Gasteiger partial charge in [0.1, 0.15) is 0 Å². The highest BCUT2D eigenvalue weighted by atomic mass is 16.2. The van der Waals surface area contributed by atoms with Gasteiger partial charge in [0.05, 0.1) is 6.54 Å². The van der Waals surface area contributed by atoms with Crippen LogP contribution in [0, 0.1) is 0 Å². The van der Waals surface area contributed by atoms with Gasteiger partial charge in [-0.15, -0.1) is 0 Å². The van der Waals surface area contributed by atoms with Crippen LogP contribution in [0.3, 0.4) is 0 Å². The van der Waals surface area contributed by atoms with Gasteiger partial charge in [-0.1, -0.05) is 19.1 Å². The minimum atomic E-state index is 0.138. The predicted molar refractivity (Wildman–Crippen MR) is 89.8 cm³/mol. The molecule has 1 aromatic rings. The Hall–Kier alpha value is -2.04. The lowest BCUT2D eigenvalue weighted by Crippen LogP contribution is -2.35. The van der Waals surface area contributed by atoms with Crippen molar-refractivity contribution in [1.29, 1.82) is 0 Å². The van der Waals surface area contributed by atoms with Crippen LogP contribution in [0.4, 0.5) is 0 Å². The first-order valence-corrected chi connectivity index (χ1v) is 8.12. The first-order valence-electron chi connectivity index (χ1n) is 8.12. The van der Waals surface area contributed by atoms with Gasteiger partial charge in [-0.25, -0.2) is 4.99 Å². The van der Waals surface area contributed by atoms with Crippen LogP contribution in [0.2, 0.25) is 0 Å². The lowest BCUT2D eigenvalue weighted by atomic mass is 10.1. The van der Waals surface area contributed by atoms with Crippen molar-refractivity contribution < 1.29 is 4.79 Å². The maximum atomic E-state index is 12.4. The van der Waals surface area contributed by atoms with Crippen molar-refractivity contribution in [2.45, 2.75) is 39.2 Å². The van der Waals surface area contributed by atoms with Gasteiger partial charge in [-0.05, 0) is 43.4 Å². The fourth-order valence-corrected chi connectivity index (χ4v) is 2.52. The highest BCUT2D eigenvalue weighted by molar-refractivity contribution is 5.94. The van der Waals surface area contributed by atoms with Crippen molar-refractivity contribution in [3.8, 4) is 0 Å². The standard InChI is InChI=1S/C17H26N4O/c1-2-10-19-17(18)20-13-14-6-8-15(9-7-14)16(22)21-11-4-3-5-12-21/h6-9H,2-5,10-13H2,1H3,(H3,18,19,20). The van der Waals surface area contributed by atoms with Gasteiger partial charge >= 0.3 is 0 Å². The van der Waals surface area contributed by atoms with Crippen LogP contribution in [-0.2, 0) is 6.54 Å². The first kappa shape index (κ1) is 16.3. The minimum absolute atomic E-state index is 0.138. The number of aliphatic imine (C=N–C) groups is 1. The number of carbonyl (C=O) groups is 1. The molecule has 3 N–H and O–H groups in total. The molecule has 2 rings (SSSR count). The Bertz CT molecular complexity index is 504. The number of nitrogens with zero attached hydrogens (tertiary/aromatic N) is 2. The predicted octanol–water partition coefficient (Wildman–Crippen LogP) is 2.13. The largest absolute Gasteiger partial charge is 0.370 e. The second kappa shape index (κ2) is 8.41. The van der Waals surface area contributed by atoms with Gasteiger partial charge in [0.25, 0.3) is 5.91 Å². The summed E-state index contributed by atoms with van der Waals surface area (Å²) in [4.78, 5) is 18.6. The second-order valence-corrected chi connectivity index (χ2v) is 5.68. The number of guanidine groups is 1. The number of benzene rings is 1. The van der Waals surface area contributed by atoms with Crippen LogP contribution in [0.25, 0.3) is 0 Å². The summed E-state index contributed by atoms with van der Waals surface area (Å²) in [7, 11) is 0. The summed E-state index contributed by atoms with van der Waals surface area (Å²) >= 11 is 0. The zero-order valence-electron chi connectivity index (χ0n) is 13.3. The Morgan fingerprint density at radius 3 is 2.55 bits per heavy atom. The smallest absolute Gasteiger partial charge is 0.253 e. The van der Waals surface area contributed by atoms with Crippen LogP contribution >= 0.6 is 0 Å². The van der Waals surface area contributed by atoms with Gasteiger partial charge in [0.2, 0.25) is 0 Å². The molecule has 1 heterocycles. The number of hydrogen-bond acceptors (Lipinski definition) is 2. The average Bonchev–Trinajstić information content (AvgIpc) is 2.58. The number of piperidine rings is 1. The lowest BCUT2D eigenvalue weighted by molar-refractivity contribution is 0.0724. The topological polar surface area (TPSA) is 70.7 Å². The third-order valence-electron chi connectivity index (χ3n) is 3.83. The van der Waals surface area contributed by atoms with Gasteiger partial charge in [-0.3, -0.25) is 4.79 Å². The molecule has 0 saturated carbocycles. The number of rotatable bonds is 5. The van der Waals surface area contributed by atoms with Gasteiger partial charge in [-0.2, -0.15) is 0 Å². The van der Waals surface area contributed by atoms with Crippen molar-refractivity contribution in [2.75, 3.05) is 19.6 Å². The molecular formula is C17H26N4O. The second-order valence-electron chi connectivity index (χ2n) is 5.68. The Kier molecular flexibility index (Phi) is 6.25. The van der Waals surface area contributed by atoms with E-state index >= 15 is 0 Å². The van der Waals surface area contributed by atoms with Crippen LogP contribution in [-0.4, -0.2) is 36.4 Å². The molecule has 1 aliphatic rings. The molecule has 1 fully saturated rings. The van der Waals surface area contributed by atoms with Crippen LogP contribution in [0.15, 0.2) is 29.3 Å². The third kappa shape index (κ3) is 4.76. The van der Waals surface area contributed by atoms with Crippen molar-refractivity contribution in [3.05, 3.63) is 35.4 Å². The van der Waals surface area contributed by atoms with E-state index < -0.39 is 0 Å². The summed E-state index contributed by atoms with van der Waals surface area (Å²) in [5.74, 6) is 0.606. The summed E-state index contributed by atoms with van der Waals surface area (Å²) in [6, 6.07) is 7.68. The lowest BCUT2D eigenvalue weighted by Gasteiger charge is -2.26. The van der Waals surface area contributed by atoms with Crippen LogP contribution in [0.5, 0.6) is 0 Å². The van der Waals surface area contributed by atoms with E-state index in [0.717, 1.165) is 50.0 Å². The SMILES string of the molecule is CCCNC(N)=NCc1ccc(C(=O)N2CCCCC2)cc1. The van der Waals surface area contributed by atoms with E-state index in [2.05, 4.69) is 17.2 Å². The normalized spacial score (nSPS) is 15.7. The quantitative estimate of drug-likeness (QED) is 0.646. The van der Waals surface area contributed by atoms with Crippen LogP contribution < -0.4 is 11.1 Å². The van der Waals surface area contributed by atoms with E-state index in [-0.39, 0.29) is 5.91 Å². The molecule has 5 heteroatoms. The fraction of sp³-hybridized carbons (Fsp3) is 0.529. The number of nitrogens with one attached hydrogen (secondary N) is 1. The summed E-state index contributed by atoms with van der Waals surface area (Å²) < 4.78 is 0. The Balaban J connectivity index is 1.90. The summed E-state index contributed by atoms with van der Waals surface area (Å²) in [6.07, 6.45) is 4.48. The highest BCUT2D eigenvalue weighted by Crippen LogP contribution is 2.14. The monoisotopic (exact) mass is 302 g/mol. The van der Waals surface area contributed by atoms with Gasteiger partial charge in [0, 0.05) is 25.2 Å². The molecule has 0 aromatic heterocycles. The van der Waals surface area contributed by atoms with Gasteiger partial charge in [0.15, 0.2) is 5.96 Å². The Morgan fingerprint density at radius 2 is 1.91 bits per heavy atom. The van der Waals surface area contributed by atoms with E-state index in [0.29, 0.717) is 12.5 Å². The maximum Gasteiger partial charge on any atom is 0.253 e. The molecule has 22 heavy (non-hydrogen) atoms. The van der Waals surface area contributed by atoms with E-state index in [1.54, 1.807) is 0 Å². The number of carbonyl (C=O) groups excluding carboxylic acids is 1. The maximum absolute atomic E-state index is 12.4. The molecule has 5 nitrogen and oxygen atoms in total. The highest BCUT2D eigenvalue weighted by Gasteiger charge is 2.17. The molecule has 1 aromatic carbocycles. The molecular weight excluding hydrogens is 276 g/mol. The van der Waals surface area contributed by atoms with Crippen molar-refractivity contribution in [3.63, 3.8) is 0 Å². The molecule has 0 aliphatic carbocycles. The summed E-state index contributed by atoms with van der Waals surface area (Å²) in [5.41, 5.74) is 7.57. The number of nitrogens with two attached hydrogens (primary N) is 1. The molecule has 0 unspecified atom stereocenters. The zero-order valence-corrected chi connectivity index (χ0v) is 13.3. The van der Waals surface area contributed by atoms with E-state index in [1.165, 1.54) is 6.42 Å². The summed E-state index contributed by atoms with van der Waals surface area (Å²) in [5, 5.41) is 3.04.